The molecule has 1 heterocycles. The molecule has 1 aromatic carbocycles. The van der Waals surface area contributed by atoms with Crippen LogP contribution < -0.4 is 24.8 Å². The third kappa shape index (κ3) is 5.74. The standard InChI is InChI=1S/C23H33N3O7/c1-23(2,3)25-21(29)17-14(20(28)24-4)9-8-10-26(17)22(30)18(27)13-11-15(31-5)19(33-7)16(12-13)32-6/h11-12,14,17H,8-10H2,1-7H3,(H,24,28)(H,25,29)/t14?,17-/m0/s1. The summed E-state index contributed by atoms with van der Waals surface area (Å²) < 4.78 is 15.8. The fourth-order valence-electron chi connectivity index (χ4n) is 3.92. The van der Waals surface area contributed by atoms with Crippen LogP contribution in [0.1, 0.15) is 44.0 Å². The Hall–Kier alpha value is -3.30. The summed E-state index contributed by atoms with van der Waals surface area (Å²) in [7, 11) is 5.71. The molecule has 1 saturated heterocycles. The quantitative estimate of drug-likeness (QED) is 0.459. The second-order valence-electron chi connectivity index (χ2n) is 8.79. The number of ketones is 1. The lowest BCUT2D eigenvalue weighted by molar-refractivity contribution is -0.146. The summed E-state index contributed by atoms with van der Waals surface area (Å²) in [5, 5.41) is 5.39. The van der Waals surface area contributed by atoms with Crippen molar-refractivity contribution in [1.82, 2.24) is 15.5 Å². The highest BCUT2D eigenvalue weighted by atomic mass is 16.5. The number of carbonyl (C=O) groups is 4. The molecule has 0 aliphatic carbocycles. The lowest BCUT2D eigenvalue weighted by Crippen LogP contribution is -2.62. The van der Waals surface area contributed by atoms with Crippen molar-refractivity contribution < 1.29 is 33.4 Å². The minimum atomic E-state index is -1.11. The highest BCUT2D eigenvalue weighted by Gasteiger charge is 2.45. The van der Waals surface area contributed by atoms with Crippen LogP contribution in [-0.2, 0) is 14.4 Å². The van der Waals surface area contributed by atoms with Crippen molar-refractivity contribution >= 4 is 23.5 Å². The van der Waals surface area contributed by atoms with E-state index in [0.29, 0.717) is 12.8 Å². The van der Waals surface area contributed by atoms with Crippen LogP contribution in [0.5, 0.6) is 17.2 Å². The monoisotopic (exact) mass is 463 g/mol. The molecule has 10 nitrogen and oxygen atoms in total. The zero-order chi connectivity index (χ0) is 24.9. The van der Waals surface area contributed by atoms with E-state index in [4.69, 9.17) is 14.2 Å². The van der Waals surface area contributed by atoms with Crippen LogP contribution in [0.3, 0.4) is 0 Å². The van der Waals surface area contributed by atoms with E-state index < -0.39 is 35.1 Å². The summed E-state index contributed by atoms with van der Waals surface area (Å²) in [6, 6.07) is 1.65. The largest absolute Gasteiger partial charge is 0.493 e. The fourth-order valence-corrected chi connectivity index (χ4v) is 3.92. The summed E-state index contributed by atoms with van der Waals surface area (Å²) in [6.07, 6.45) is 0.899. The van der Waals surface area contributed by atoms with Gasteiger partial charge >= 0.3 is 0 Å². The van der Waals surface area contributed by atoms with Crippen molar-refractivity contribution in [3.05, 3.63) is 17.7 Å². The van der Waals surface area contributed by atoms with Crippen LogP contribution >= 0.6 is 0 Å². The molecule has 1 aliphatic rings. The van der Waals surface area contributed by atoms with E-state index in [0.717, 1.165) is 0 Å². The number of Topliss-reactive ketones (excluding diaryl/α,β-unsaturated/α-hetero) is 1. The molecule has 2 atom stereocenters. The molecule has 0 saturated carbocycles. The lowest BCUT2D eigenvalue weighted by Gasteiger charge is -2.40. The van der Waals surface area contributed by atoms with Crippen molar-refractivity contribution in [1.29, 1.82) is 0 Å². The van der Waals surface area contributed by atoms with Gasteiger partial charge in [0.25, 0.3) is 11.7 Å². The van der Waals surface area contributed by atoms with E-state index in [1.54, 1.807) is 20.8 Å². The summed E-state index contributed by atoms with van der Waals surface area (Å²) in [5.41, 5.74) is -0.566. The number of ether oxygens (including phenoxy) is 3. The van der Waals surface area contributed by atoms with Gasteiger partial charge in [0.2, 0.25) is 17.6 Å². The predicted molar refractivity (Wildman–Crippen MR) is 121 cm³/mol. The third-order valence-electron chi connectivity index (χ3n) is 5.36. The number of hydrogen-bond acceptors (Lipinski definition) is 7. The molecule has 10 heteroatoms. The first-order chi connectivity index (χ1) is 15.5. The minimum Gasteiger partial charge on any atom is -0.493 e. The Bertz CT molecular complexity index is 898. The van der Waals surface area contributed by atoms with E-state index in [1.807, 2.05) is 0 Å². The number of methoxy groups -OCH3 is 3. The second kappa shape index (κ2) is 10.5. The van der Waals surface area contributed by atoms with Gasteiger partial charge in [-0.1, -0.05) is 0 Å². The molecule has 0 bridgehead atoms. The van der Waals surface area contributed by atoms with Gasteiger partial charge in [0.1, 0.15) is 6.04 Å². The molecular weight excluding hydrogens is 430 g/mol. The number of rotatable bonds is 7. The van der Waals surface area contributed by atoms with E-state index >= 15 is 0 Å². The molecule has 3 amide bonds. The van der Waals surface area contributed by atoms with Crippen LogP contribution in [0.4, 0.5) is 0 Å². The first kappa shape index (κ1) is 26.0. The molecule has 2 N–H and O–H groups in total. The molecule has 1 aromatic rings. The highest BCUT2D eigenvalue weighted by Crippen LogP contribution is 2.38. The number of likely N-dealkylation sites (tertiary alicyclic amines) is 1. The van der Waals surface area contributed by atoms with Crippen molar-refractivity contribution in [3.63, 3.8) is 0 Å². The molecular formula is C23H33N3O7. The van der Waals surface area contributed by atoms with Crippen LogP contribution in [0.15, 0.2) is 12.1 Å². The van der Waals surface area contributed by atoms with Crippen molar-refractivity contribution in [3.8, 4) is 17.2 Å². The van der Waals surface area contributed by atoms with Gasteiger partial charge in [0, 0.05) is 24.7 Å². The van der Waals surface area contributed by atoms with Crippen LogP contribution in [-0.4, -0.2) is 74.9 Å². The molecule has 0 aromatic heterocycles. The van der Waals surface area contributed by atoms with Gasteiger partial charge < -0.3 is 29.7 Å². The number of hydrogen-bond donors (Lipinski definition) is 2. The zero-order valence-corrected chi connectivity index (χ0v) is 20.2. The Labute approximate surface area is 193 Å². The minimum absolute atomic E-state index is 0.0200. The van der Waals surface area contributed by atoms with Crippen LogP contribution in [0.2, 0.25) is 0 Å². The molecule has 2 rings (SSSR count). The van der Waals surface area contributed by atoms with E-state index in [9.17, 15) is 19.2 Å². The van der Waals surface area contributed by atoms with E-state index in [1.165, 1.54) is 45.4 Å². The maximum Gasteiger partial charge on any atom is 0.295 e. The SMILES string of the molecule is CNC(=O)C1CCCN(C(=O)C(=O)c2cc(OC)c(OC)c(OC)c2)[C@@H]1C(=O)NC(C)(C)C. The maximum atomic E-state index is 13.3. The number of carbonyl (C=O) groups excluding carboxylic acids is 4. The van der Waals surface area contributed by atoms with Gasteiger partial charge in [-0.05, 0) is 45.7 Å². The van der Waals surface area contributed by atoms with Crippen molar-refractivity contribution in [2.45, 2.75) is 45.2 Å². The van der Waals surface area contributed by atoms with Gasteiger partial charge in [-0.3, -0.25) is 19.2 Å². The highest BCUT2D eigenvalue weighted by molar-refractivity contribution is 6.43. The van der Waals surface area contributed by atoms with Crippen molar-refractivity contribution in [2.24, 2.45) is 5.92 Å². The van der Waals surface area contributed by atoms with Crippen LogP contribution in [0.25, 0.3) is 0 Å². The molecule has 1 aliphatic heterocycles. The predicted octanol–water partition coefficient (Wildman–Crippen LogP) is 1.16. The summed E-state index contributed by atoms with van der Waals surface area (Å²) in [6.45, 7) is 5.58. The van der Waals surface area contributed by atoms with Crippen LogP contribution in [0, 0.1) is 5.92 Å². The average molecular weight is 464 g/mol. The van der Waals surface area contributed by atoms with Gasteiger partial charge in [0.15, 0.2) is 11.5 Å². The molecule has 0 radical (unpaired) electrons. The smallest absolute Gasteiger partial charge is 0.295 e. The average Bonchev–Trinajstić information content (AvgIpc) is 2.79. The normalized spacial score (nSPS) is 18.2. The van der Waals surface area contributed by atoms with Gasteiger partial charge in [0.05, 0.1) is 27.2 Å². The number of piperidine rings is 1. The number of nitrogens with one attached hydrogen (secondary N) is 2. The fraction of sp³-hybridized carbons (Fsp3) is 0.565. The van der Waals surface area contributed by atoms with Crippen molar-refractivity contribution in [2.75, 3.05) is 34.9 Å². The number of nitrogens with zero attached hydrogens (tertiary/aromatic N) is 1. The summed E-state index contributed by atoms with van der Waals surface area (Å²) >= 11 is 0. The van der Waals surface area contributed by atoms with Gasteiger partial charge in [-0.2, -0.15) is 0 Å². The topological polar surface area (TPSA) is 123 Å². The van der Waals surface area contributed by atoms with Gasteiger partial charge in [-0.25, -0.2) is 0 Å². The Morgan fingerprint density at radius 2 is 1.55 bits per heavy atom. The Morgan fingerprint density at radius 3 is 2.00 bits per heavy atom. The molecule has 1 fully saturated rings. The molecule has 33 heavy (non-hydrogen) atoms. The lowest BCUT2D eigenvalue weighted by atomic mass is 9.86. The Kier molecular flexibility index (Phi) is 8.29. The summed E-state index contributed by atoms with van der Waals surface area (Å²) in [4.78, 5) is 53.4. The molecule has 0 spiro atoms. The first-order valence-corrected chi connectivity index (χ1v) is 10.7. The molecule has 1 unspecified atom stereocenters. The molecule has 182 valence electrons. The van der Waals surface area contributed by atoms with E-state index in [2.05, 4.69) is 10.6 Å². The number of amides is 3. The Morgan fingerprint density at radius 1 is 0.970 bits per heavy atom. The van der Waals surface area contributed by atoms with E-state index in [-0.39, 0.29) is 35.3 Å². The maximum absolute atomic E-state index is 13.3. The Balaban J connectivity index is 2.47. The number of benzene rings is 1. The van der Waals surface area contributed by atoms with Gasteiger partial charge in [-0.15, -0.1) is 0 Å². The second-order valence-corrected chi connectivity index (χ2v) is 8.79. The zero-order valence-electron chi connectivity index (χ0n) is 20.2. The third-order valence-corrected chi connectivity index (χ3v) is 5.36. The summed E-state index contributed by atoms with van der Waals surface area (Å²) in [5.74, 6) is -2.63. The first-order valence-electron chi connectivity index (χ1n) is 10.7.